The molecule has 1 saturated heterocycles. The number of morpholine rings is 1. The molecule has 0 saturated carbocycles. The van der Waals surface area contributed by atoms with E-state index in [1.807, 2.05) is 24.1 Å². The van der Waals surface area contributed by atoms with E-state index >= 15 is 0 Å². The van der Waals surface area contributed by atoms with Gasteiger partial charge in [-0.2, -0.15) is 0 Å². The summed E-state index contributed by atoms with van der Waals surface area (Å²) < 4.78 is 5.19. The number of urea groups is 1. The van der Waals surface area contributed by atoms with Crippen LogP contribution in [0.15, 0.2) is 12.1 Å². The lowest BCUT2D eigenvalue weighted by Crippen LogP contribution is -2.49. The Balaban J connectivity index is 1.79. The second-order valence-electron chi connectivity index (χ2n) is 3.58. The highest BCUT2D eigenvalue weighted by atomic mass is 32.1. The molecule has 0 atom stereocenters. The van der Waals surface area contributed by atoms with Crippen molar-refractivity contribution in [3.05, 3.63) is 17.0 Å². The maximum atomic E-state index is 11.6. The molecule has 88 valence electrons. The number of hydrogen-bond donors (Lipinski definition) is 2. The number of aryl methyl sites for hydroxylation is 1. The van der Waals surface area contributed by atoms with Crippen molar-refractivity contribution in [2.24, 2.45) is 0 Å². The molecule has 2 rings (SSSR count). The van der Waals surface area contributed by atoms with Crippen LogP contribution in [0.25, 0.3) is 0 Å². The minimum atomic E-state index is -0.191. The standard InChI is InChI=1S/C10H15N3O2S/c1-8-2-3-9(16-8)11-10(14)12-13-4-6-15-7-5-13/h2-3H,4-7H2,1H3,(H2,11,12,14). The normalized spacial score (nSPS) is 17.1. The van der Waals surface area contributed by atoms with E-state index in [-0.39, 0.29) is 6.03 Å². The maximum Gasteiger partial charge on any atom is 0.334 e. The smallest absolute Gasteiger partial charge is 0.334 e. The third-order valence-corrected chi connectivity index (χ3v) is 3.16. The van der Waals surface area contributed by atoms with Crippen LogP contribution in [-0.4, -0.2) is 37.3 Å². The number of amides is 2. The number of anilines is 1. The molecule has 6 heteroatoms. The molecular formula is C10H15N3O2S. The van der Waals surface area contributed by atoms with Crippen LogP contribution in [0.4, 0.5) is 9.80 Å². The molecule has 0 radical (unpaired) electrons. The average molecular weight is 241 g/mol. The highest BCUT2D eigenvalue weighted by Crippen LogP contribution is 2.20. The molecule has 2 N–H and O–H groups in total. The van der Waals surface area contributed by atoms with E-state index in [2.05, 4.69) is 10.7 Å². The SMILES string of the molecule is Cc1ccc(NC(=O)NN2CCOCC2)s1. The van der Waals surface area contributed by atoms with Crippen molar-refractivity contribution < 1.29 is 9.53 Å². The van der Waals surface area contributed by atoms with Gasteiger partial charge in [0.2, 0.25) is 0 Å². The van der Waals surface area contributed by atoms with E-state index in [0.717, 1.165) is 18.1 Å². The molecular weight excluding hydrogens is 226 g/mol. The lowest BCUT2D eigenvalue weighted by Gasteiger charge is -2.26. The van der Waals surface area contributed by atoms with Crippen LogP contribution in [0.2, 0.25) is 0 Å². The van der Waals surface area contributed by atoms with Crippen LogP contribution in [0, 0.1) is 6.92 Å². The fourth-order valence-electron chi connectivity index (χ4n) is 1.46. The Morgan fingerprint density at radius 1 is 1.44 bits per heavy atom. The van der Waals surface area contributed by atoms with Crippen molar-refractivity contribution >= 4 is 22.4 Å². The van der Waals surface area contributed by atoms with Crippen molar-refractivity contribution in [3.8, 4) is 0 Å². The Bertz CT molecular complexity index is 361. The molecule has 1 aromatic rings. The van der Waals surface area contributed by atoms with Crippen molar-refractivity contribution in [1.29, 1.82) is 0 Å². The molecule has 1 aliphatic heterocycles. The summed E-state index contributed by atoms with van der Waals surface area (Å²) in [4.78, 5) is 12.8. The maximum absolute atomic E-state index is 11.6. The van der Waals surface area contributed by atoms with Gasteiger partial charge in [-0.3, -0.25) is 10.7 Å². The second-order valence-corrected chi connectivity index (χ2v) is 4.86. The van der Waals surface area contributed by atoms with Crippen LogP contribution in [0.5, 0.6) is 0 Å². The number of hydrogen-bond acceptors (Lipinski definition) is 4. The molecule has 2 amide bonds. The molecule has 1 fully saturated rings. The molecule has 0 bridgehead atoms. The lowest BCUT2D eigenvalue weighted by molar-refractivity contribution is 0.0207. The molecule has 0 aliphatic carbocycles. The minimum Gasteiger partial charge on any atom is -0.379 e. The zero-order valence-electron chi connectivity index (χ0n) is 9.16. The summed E-state index contributed by atoms with van der Waals surface area (Å²) in [5, 5.41) is 5.52. The fraction of sp³-hybridized carbons (Fsp3) is 0.500. The summed E-state index contributed by atoms with van der Waals surface area (Å²) in [6, 6.07) is 3.69. The molecule has 5 nitrogen and oxygen atoms in total. The number of carbonyl (C=O) groups excluding carboxylic acids is 1. The summed E-state index contributed by atoms with van der Waals surface area (Å²) in [6.45, 7) is 4.81. The summed E-state index contributed by atoms with van der Waals surface area (Å²) in [7, 11) is 0. The number of ether oxygens (including phenoxy) is 1. The summed E-state index contributed by atoms with van der Waals surface area (Å²) >= 11 is 1.56. The minimum absolute atomic E-state index is 0.191. The van der Waals surface area contributed by atoms with Gasteiger partial charge in [0.1, 0.15) is 0 Å². The number of carbonyl (C=O) groups is 1. The topological polar surface area (TPSA) is 53.6 Å². The zero-order valence-corrected chi connectivity index (χ0v) is 9.97. The predicted molar refractivity (Wildman–Crippen MR) is 63.6 cm³/mol. The fourth-order valence-corrected chi connectivity index (χ4v) is 2.22. The van der Waals surface area contributed by atoms with Gasteiger partial charge in [0.15, 0.2) is 0 Å². The van der Waals surface area contributed by atoms with E-state index in [1.165, 1.54) is 4.88 Å². The Hall–Kier alpha value is -1.11. The van der Waals surface area contributed by atoms with Crippen LogP contribution < -0.4 is 10.7 Å². The quantitative estimate of drug-likeness (QED) is 0.823. The Morgan fingerprint density at radius 2 is 2.19 bits per heavy atom. The third-order valence-electron chi connectivity index (χ3n) is 2.25. The zero-order chi connectivity index (χ0) is 11.4. The van der Waals surface area contributed by atoms with Gasteiger partial charge >= 0.3 is 6.03 Å². The average Bonchev–Trinajstić information content (AvgIpc) is 2.65. The van der Waals surface area contributed by atoms with Crippen molar-refractivity contribution in [3.63, 3.8) is 0 Å². The molecule has 0 unspecified atom stereocenters. The van der Waals surface area contributed by atoms with Gasteiger partial charge in [-0.05, 0) is 19.1 Å². The number of rotatable bonds is 2. The van der Waals surface area contributed by atoms with Gasteiger partial charge in [-0.1, -0.05) is 0 Å². The van der Waals surface area contributed by atoms with Gasteiger partial charge in [0.25, 0.3) is 0 Å². The van der Waals surface area contributed by atoms with Crippen LogP contribution in [0.3, 0.4) is 0 Å². The van der Waals surface area contributed by atoms with Crippen LogP contribution in [0.1, 0.15) is 4.88 Å². The lowest BCUT2D eigenvalue weighted by atomic mass is 10.5. The van der Waals surface area contributed by atoms with E-state index in [9.17, 15) is 4.79 Å². The molecule has 0 aromatic carbocycles. The first-order chi connectivity index (χ1) is 7.74. The van der Waals surface area contributed by atoms with Crippen molar-refractivity contribution in [2.75, 3.05) is 31.6 Å². The van der Waals surface area contributed by atoms with Gasteiger partial charge < -0.3 is 4.74 Å². The summed E-state index contributed by atoms with van der Waals surface area (Å²) in [5.74, 6) is 0. The number of thiophene rings is 1. The van der Waals surface area contributed by atoms with Gasteiger partial charge in [0.05, 0.1) is 18.2 Å². The Kier molecular flexibility index (Phi) is 3.76. The number of hydrazine groups is 1. The van der Waals surface area contributed by atoms with Gasteiger partial charge in [0, 0.05) is 18.0 Å². The first kappa shape index (κ1) is 11.4. The van der Waals surface area contributed by atoms with E-state index in [0.29, 0.717) is 13.2 Å². The van der Waals surface area contributed by atoms with Crippen molar-refractivity contribution in [2.45, 2.75) is 6.92 Å². The summed E-state index contributed by atoms with van der Waals surface area (Å²) in [6.07, 6.45) is 0. The monoisotopic (exact) mass is 241 g/mol. The van der Waals surface area contributed by atoms with Crippen LogP contribution >= 0.6 is 11.3 Å². The third kappa shape index (κ3) is 3.19. The molecule has 2 heterocycles. The van der Waals surface area contributed by atoms with Gasteiger partial charge in [-0.25, -0.2) is 9.80 Å². The molecule has 1 aliphatic rings. The van der Waals surface area contributed by atoms with Crippen LogP contribution in [-0.2, 0) is 4.74 Å². The van der Waals surface area contributed by atoms with Crippen molar-refractivity contribution in [1.82, 2.24) is 10.4 Å². The van der Waals surface area contributed by atoms with E-state index in [4.69, 9.17) is 4.74 Å². The highest BCUT2D eigenvalue weighted by molar-refractivity contribution is 7.16. The Labute approximate surface area is 98.4 Å². The molecule has 0 spiro atoms. The first-order valence-electron chi connectivity index (χ1n) is 5.21. The molecule has 16 heavy (non-hydrogen) atoms. The summed E-state index contributed by atoms with van der Waals surface area (Å²) in [5.41, 5.74) is 2.79. The van der Waals surface area contributed by atoms with Gasteiger partial charge in [-0.15, -0.1) is 11.3 Å². The Morgan fingerprint density at radius 3 is 2.81 bits per heavy atom. The van der Waals surface area contributed by atoms with E-state index in [1.54, 1.807) is 11.3 Å². The largest absolute Gasteiger partial charge is 0.379 e. The second kappa shape index (κ2) is 5.29. The highest BCUT2D eigenvalue weighted by Gasteiger charge is 2.13. The first-order valence-corrected chi connectivity index (χ1v) is 6.02. The predicted octanol–water partition coefficient (Wildman–Crippen LogP) is 1.43. The van der Waals surface area contributed by atoms with E-state index < -0.39 is 0 Å². The number of nitrogens with zero attached hydrogens (tertiary/aromatic N) is 1. The molecule has 1 aromatic heterocycles. The number of nitrogens with one attached hydrogen (secondary N) is 2.